The number of aryl methyl sites for hydroxylation is 1. The van der Waals surface area contributed by atoms with Crippen LogP contribution < -0.4 is 9.80 Å². The molecule has 3 heterocycles. The average molecular weight is 475 g/mol. The van der Waals surface area contributed by atoms with Crippen molar-refractivity contribution in [3.05, 3.63) is 132 Å². The van der Waals surface area contributed by atoms with Crippen molar-refractivity contribution >= 4 is 22.8 Å². The zero-order valence-electron chi connectivity index (χ0n) is 20.9. The van der Waals surface area contributed by atoms with E-state index in [0.29, 0.717) is 0 Å². The van der Waals surface area contributed by atoms with Gasteiger partial charge in [-0.2, -0.15) is 0 Å². The molecule has 0 saturated carbocycles. The summed E-state index contributed by atoms with van der Waals surface area (Å²) < 4.78 is 0. The molecule has 2 nitrogen and oxygen atoms in total. The maximum absolute atomic E-state index is 2.60. The van der Waals surface area contributed by atoms with Crippen LogP contribution in [0.25, 0.3) is 44.8 Å². The predicted molar refractivity (Wildman–Crippen MR) is 155 cm³/mol. The normalized spacial score (nSPS) is 16.4. The molecule has 0 radical (unpaired) electrons. The second-order valence-electron chi connectivity index (χ2n) is 10.2. The summed E-state index contributed by atoms with van der Waals surface area (Å²) in [7, 11) is 0. The van der Waals surface area contributed by atoms with Crippen LogP contribution in [-0.4, -0.2) is 6.17 Å². The van der Waals surface area contributed by atoms with Gasteiger partial charge in [0.05, 0.1) is 22.8 Å². The molecule has 1 atom stereocenters. The van der Waals surface area contributed by atoms with Crippen molar-refractivity contribution in [1.82, 2.24) is 0 Å². The molecule has 0 saturated heterocycles. The van der Waals surface area contributed by atoms with Gasteiger partial charge in [0, 0.05) is 22.3 Å². The van der Waals surface area contributed by atoms with Crippen LogP contribution in [0.15, 0.2) is 115 Å². The van der Waals surface area contributed by atoms with Gasteiger partial charge in [0.2, 0.25) is 0 Å². The lowest BCUT2D eigenvalue weighted by Crippen LogP contribution is -2.39. The first-order chi connectivity index (χ1) is 18.2. The highest BCUT2D eigenvalue weighted by atomic mass is 15.4. The van der Waals surface area contributed by atoms with Gasteiger partial charge in [0.15, 0.2) is 0 Å². The van der Waals surface area contributed by atoms with E-state index >= 15 is 0 Å². The first kappa shape index (κ1) is 20.6. The first-order valence-corrected chi connectivity index (χ1v) is 13.0. The highest BCUT2D eigenvalue weighted by Gasteiger charge is 2.44. The first-order valence-electron chi connectivity index (χ1n) is 13.0. The number of hydrogen-bond donors (Lipinski definition) is 0. The summed E-state index contributed by atoms with van der Waals surface area (Å²) in [4.78, 5) is 5.17. The van der Waals surface area contributed by atoms with E-state index in [4.69, 9.17) is 0 Å². The van der Waals surface area contributed by atoms with E-state index in [1.165, 1.54) is 72.8 Å². The molecule has 0 aliphatic carbocycles. The van der Waals surface area contributed by atoms with Crippen LogP contribution in [0.5, 0.6) is 0 Å². The van der Waals surface area contributed by atoms with Gasteiger partial charge in [-0.25, -0.2) is 0 Å². The van der Waals surface area contributed by atoms with Gasteiger partial charge in [-0.3, -0.25) is 0 Å². The van der Waals surface area contributed by atoms with Crippen LogP contribution in [0.1, 0.15) is 23.6 Å². The van der Waals surface area contributed by atoms with Crippen molar-refractivity contribution in [3.63, 3.8) is 0 Å². The molecule has 2 heteroatoms. The Bertz CT molecular complexity index is 1780. The number of rotatable bonds is 0. The van der Waals surface area contributed by atoms with E-state index in [0.717, 1.165) is 0 Å². The van der Waals surface area contributed by atoms with E-state index in [1.807, 2.05) is 0 Å². The third kappa shape index (κ3) is 2.65. The van der Waals surface area contributed by atoms with Gasteiger partial charge in [0.25, 0.3) is 0 Å². The Morgan fingerprint density at radius 3 is 1.51 bits per heavy atom. The van der Waals surface area contributed by atoms with Crippen molar-refractivity contribution in [2.45, 2.75) is 20.0 Å². The minimum atomic E-state index is 0.109. The van der Waals surface area contributed by atoms with Gasteiger partial charge in [-0.05, 0) is 47.7 Å². The number of fused-ring (bicyclic) bond motifs is 14. The van der Waals surface area contributed by atoms with Gasteiger partial charge in [0.1, 0.15) is 6.17 Å². The molecule has 0 spiro atoms. The summed E-state index contributed by atoms with van der Waals surface area (Å²) in [5.74, 6) is 0. The van der Waals surface area contributed by atoms with Crippen molar-refractivity contribution in [3.8, 4) is 33.4 Å². The van der Waals surface area contributed by atoms with Gasteiger partial charge >= 0.3 is 0 Å². The molecule has 37 heavy (non-hydrogen) atoms. The molecule has 0 amide bonds. The summed E-state index contributed by atoms with van der Waals surface area (Å²) >= 11 is 0. The van der Waals surface area contributed by atoms with Gasteiger partial charge in [-0.1, -0.05) is 109 Å². The zero-order chi connectivity index (χ0) is 24.7. The minimum Gasteiger partial charge on any atom is -0.317 e. The SMILES string of the molecule is Cc1cccc2c1N1C(=C3c4ccccc4-c4ccccc4N3[C@@H]1C)c1ccccc1-c1ccccc1-2. The maximum atomic E-state index is 2.60. The summed E-state index contributed by atoms with van der Waals surface area (Å²) in [5.41, 5.74) is 16.8. The van der Waals surface area contributed by atoms with Crippen LogP contribution >= 0.6 is 0 Å². The summed E-state index contributed by atoms with van der Waals surface area (Å²) in [5, 5.41) is 0. The van der Waals surface area contributed by atoms with Crippen molar-refractivity contribution in [2.75, 3.05) is 9.80 Å². The topological polar surface area (TPSA) is 6.48 Å². The average Bonchev–Trinajstić information content (AvgIpc) is 3.24. The highest BCUT2D eigenvalue weighted by Crippen LogP contribution is 2.57. The van der Waals surface area contributed by atoms with Gasteiger partial charge in [-0.15, -0.1) is 0 Å². The number of nitrogens with zero attached hydrogens (tertiary/aromatic N) is 2. The monoisotopic (exact) mass is 474 g/mol. The second kappa shape index (κ2) is 7.47. The number of para-hydroxylation sites is 2. The largest absolute Gasteiger partial charge is 0.317 e. The molecule has 176 valence electrons. The second-order valence-corrected chi connectivity index (χ2v) is 10.2. The van der Waals surface area contributed by atoms with Crippen molar-refractivity contribution in [2.24, 2.45) is 0 Å². The Balaban J connectivity index is 1.58. The molecule has 5 aromatic carbocycles. The fourth-order valence-electron chi connectivity index (χ4n) is 6.76. The van der Waals surface area contributed by atoms with Crippen LogP contribution in [0.2, 0.25) is 0 Å². The molecule has 0 aromatic heterocycles. The predicted octanol–water partition coefficient (Wildman–Crippen LogP) is 8.82. The van der Waals surface area contributed by atoms with Crippen LogP contribution in [0.3, 0.4) is 0 Å². The molecular formula is C35H26N2. The summed E-state index contributed by atoms with van der Waals surface area (Å²) in [6.07, 6.45) is 0.109. The molecule has 3 aliphatic rings. The van der Waals surface area contributed by atoms with Crippen molar-refractivity contribution < 1.29 is 0 Å². The molecule has 5 aromatic rings. The Morgan fingerprint density at radius 1 is 0.432 bits per heavy atom. The smallest absolute Gasteiger partial charge is 0.108 e. The lowest BCUT2D eigenvalue weighted by Gasteiger charge is -2.38. The molecule has 0 bridgehead atoms. The van der Waals surface area contributed by atoms with Crippen LogP contribution in [-0.2, 0) is 0 Å². The Kier molecular flexibility index (Phi) is 4.16. The van der Waals surface area contributed by atoms with E-state index in [1.54, 1.807) is 0 Å². The van der Waals surface area contributed by atoms with E-state index < -0.39 is 0 Å². The molecular weight excluding hydrogens is 448 g/mol. The number of hydrogen-bond acceptors (Lipinski definition) is 2. The zero-order valence-corrected chi connectivity index (χ0v) is 20.9. The lowest BCUT2D eigenvalue weighted by atomic mass is 9.85. The Hall–Kier alpha value is -4.56. The standard InChI is InChI=1S/C35H26N2/c1-22-12-11-20-29-25-14-4-3-13-24(25)26-15-5-7-18-30(26)35-34-31-19-8-6-16-27(31)28-17-9-10-21-32(28)36(34)23(2)37(35)33(22)29/h3-21,23H,1-2H3/t23-/m0/s1. The number of anilines is 2. The Morgan fingerprint density at radius 2 is 0.865 bits per heavy atom. The fraction of sp³-hybridized carbons (Fsp3) is 0.0857. The van der Waals surface area contributed by atoms with Crippen molar-refractivity contribution in [1.29, 1.82) is 0 Å². The molecule has 0 fully saturated rings. The van der Waals surface area contributed by atoms with Crippen LogP contribution in [0, 0.1) is 6.92 Å². The molecule has 3 aliphatic heterocycles. The van der Waals surface area contributed by atoms with E-state index in [-0.39, 0.29) is 6.17 Å². The van der Waals surface area contributed by atoms with E-state index in [2.05, 4.69) is 139 Å². The third-order valence-corrected chi connectivity index (χ3v) is 8.26. The Labute approximate surface area is 217 Å². The van der Waals surface area contributed by atoms with Crippen LogP contribution in [0.4, 0.5) is 11.4 Å². The third-order valence-electron chi connectivity index (χ3n) is 8.26. The highest BCUT2D eigenvalue weighted by molar-refractivity contribution is 6.16. The van der Waals surface area contributed by atoms with Gasteiger partial charge < -0.3 is 9.80 Å². The molecule has 0 unspecified atom stereocenters. The quantitative estimate of drug-likeness (QED) is 0.221. The molecule has 0 N–H and O–H groups in total. The fourth-order valence-corrected chi connectivity index (χ4v) is 6.76. The summed E-state index contributed by atoms with van der Waals surface area (Å²) in [6.45, 7) is 4.60. The van der Waals surface area contributed by atoms with E-state index in [9.17, 15) is 0 Å². The summed E-state index contributed by atoms with van der Waals surface area (Å²) in [6, 6.07) is 42.4. The molecule has 8 rings (SSSR count). The maximum Gasteiger partial charge on any atom is 0.108 e. The lowest BCUT2D eigenvalue weighted by molar-refractivity contribution is 0.757. The number of benzene rings is 5. The minimum absolute atomic E-state index is 0.109.